The number of piperidine rings is 1. The number of carbonyl (C=O) groups is 1. The van der Waals surface area contributed by atoms with Crippen LogP contribution >= 0.6 is 0 Å². The van der Waals surface area contributed by atoms with E-state index in [2.05, 4.69) is 35.6 Å². The zero-order valence-electron chi connectivity index (χ0n) is 11.7. The maximum absolute atomic E-state index is 11.2. The van der Waals surface area contributed by atoms with Gasteiger partial charge in [-0.1, -0.05) is 20.8 Å². The molecular formula is C14H21N3O2. The van der Waals surface area contributed by atoms with Crippen molar-refractivity contribution in [1.29, 1.82) is 0 Å². The van der Waals surface area contributed by atoms with Crippen molar-refractivity contribution in [3.8, 4) is 0 Å². The Kier molecular flexibility index (Phi) is 4.02. The molecule has 1 fully saturated rings. The molecule has 5 heteroatoms. The molecule has 19 heavy (non-hydrogen) atoms. The summed E-state index contributed by atoms with van der Waals surface area (Å²) < 4.78 is 0. The van der Waals surface area contributed by atoms with Crippen molar-refractivity contribution in [3.63, 3.8) is 0 Å². The first kappa shape index (κ1) is 13.8. The molecule has 1 aliphatic heterocycles. The number of aliphatic carboxylic acids is 1. The molecule has 0 amide bonds. The summed E-state index contributed by atoms with van der Waals surface area (Å²) in [6.07, 6.45) is 2.50. The zero-order chi connectivity index (χ0) is 14.0. The lowest BCUT2D eigenvalue weighted by molar-refractivity contribution is -0.142. The van der Waals surface area contributed by atoms with Gasteiger partial charge in [0, 0.05) is 25.2 Å². The van der Waals surface area contributed by atoms with Crippen LogP contribution in [0.25, 0.3) is 0 Å². The summed E-state index contributed by atoms with van der Waals surface area (Å²) in [7, 11) is 0. The average Bonchev–Trinajstić information content (AvgIpc) is 2.38. The number of carboxylic acids is 1. The predicted molar refractivity (Wildman–Crippen MR) is 73.2 cm³/mol. The van der Waals surface area contributed by atoms with E-state index in [1.807, 2.05) is 6.07 Å². The molecule has 1 N–H and O–H groups in total. The Labute approximate surface area is 113 Å². The van der Waals surface area contributed by atoms with Crippen LogP contribution in [0.1, 0.15) is 38.9 Å². The lowest BCUT2D eigenvalue weighted by Crippen LogP contribution is -2.43. The van der Waals surface area contributed by atoms with Gasteiger partial charge < -0.3 is 10.0 Å². The van der Waals surface area contributed by atoms with Crippen LogP contribution in [0.2, 0.25) is 0 Å². The molecule has 1 aromatic heterocycles. The second-order valence-corrected chi connectivity index (χ2v) is 5.71. The second-order valence-electron chi connectivity index (χ2n) is 5.71. The fourth-order valence-electron chi connectivity index (χ4n) is 2.54. The smallest absolute Gasteiger partial charge is 0.308 e. The summed E-state index contributed by atoms with van der Waals surface area (Å²) in [4.78, 5) is 22.1. The van der Waals surface area contributed by atoms with E-state index in [1.165, 1.54) is 0 Å². The van der Waals surface area contributed by atoms with E-state index >= 15 is 0 Å². The van der Waals surface area contributed by atoms with Gasteiger partial charge in [0.2, 0.25) is 0 Å². The van der Waals surface area contributed by atoms with E-state index in [1.54, 1.807) is 6.20 Å². The highest BCUT2D eigenvalue weighted by molar-refractivity contribution is 5.71. The molecule has 0 bridgehead atoms. The molecule has 2 atom stereocenters. The van der Waals surface area contributed by atoms with Crippen LogP contribution in [0.4, 0.5) is 5.82 Å². The topological polar surface area (TPSA) is 66.3 Å². The molecule has 0 aromatic carbocycles. The van der Waals surface area contributed by atoms with Crippen LogP contribution in [-0.2, 0) is 4.79 Å². The number of aromatic nitrogens is 2. The normalized spacial score (nSPS) is 23.7. The fraction of sp³-hybridized carbons (Fsp3) is 0.643. The Hall–Kier alpha value is -1.65. The minimum atomic E-state index is -0.713. The highest BCUT2D eigenvalue weighted by atomic mass is 16.4. The Balaban J connectivity index is 2.20. The number of rotatable bonds is 3. The highest BCUT2D eigenvalue weighted by Crippen LogP contribution is 2.26. The summed E-state index contributed by atoms with van der Waals surface area (Å²) in [5, 5.41) is 9.20. The van der Waals surface area contributed by atoms with Crippen LogP contribution in [-0.4, -0.2) is 34.1 Å². The van der Waals surface area contributed by atoms with Crippen molar-refractivity contribution >= 4 is 11.8 Å². The Morgan fingerprint density at radius 2 is 2.21 bits per heavy atom. The zero-order valence-corrected chi connectivity index (χ0v) is 11.7. The summed E-state index contributed by atoms with van der Waals surface area (Å²) in [6.45, 7) is 7.59. The van der Waals surface area contributed by atoms with Gasteiger partial charge in [0.15, 0.2) is 0 Å². The predicted octanol–water partition coefficient (Wildman–Crippen LogP) is 2.15. The standard InChI is InChI=1S/C14H21N3O2/c1-9(2)13-15-5-4-12(16-13)17-7-10(3)6-11(8-17)14(18)19/h4-5,9-11H,6-8H2,1-3H3,(H,18,19). The third-order valence-corrected chi connectivity index (χ3v) is 3.51. The molecular weight excluding hydrogens is 242 g/mol. The molecule has 104 valence electrons. The van der Waals surface area contributed by atoms with Crippen molar-refractivity contribution in [2.24, 2.45) is 11.8 Å². The van der Waals surface area contributed by atoms with Crippen LogP contribution in [0.15, 0.2) is 12.3 Å². The molecule has 1 aromatic rings. The van der Waals surface area contributed by atoms with E-state index < -0.39 is 5.97 Å². The molecule has 2 rings (SSSR count). The number of hydrogen-bond acceptors (Lipinski definition) is 4. The maximum Gasteiger partial charge on any atom is 0.308 e. The number of carboxylic acid groups (broad SMARTS) is 1. The molecule has 0 spiro atoms. The van der Waals surface area contributed by atoms with Crippen LogP contribution in [0.5, 0.6) is 0 Å². The molecule has 2 heterocycles. The lowest BCUT2D eigenvalue weighted by atomic mass is 9.90. The van der Waals surface area contributed by atoms with Crippen molar-refractivity contribution in [3.05, 3.63) is 18.1 Å². The Morgan fingerprint density at radius 1 is 1.47 bits per heavy atom. The van der Waals surface area contributed by atoms with Crippen molar-refractivity contribution < 1.29 is 9.90 Å². The minimum absolute atomic E-state index is 0.275. The molecule has 1 aliphatic rings. The van der Waals surface area contributed by atoms with E-state index in [4.69, 9.17) is 0 Å². The van der Waals surface area contributed by atoms with Gasteiger partial charge in [-0.3, -0.25) is 4.79 Å². The maximum atomic E-state index is 11.2. The Morgan fingerprint density at radius 3 is 2.84 bits per heavy atom. The molecule has 0 saturated carbocycles. The van der Waals surface area contributed by atoms with Crippen molar-refractivity contribution in [2.45, 2.75) is 33.1 Å². The first-order chi connectivity index (χ1) is 8.97. The Bertz CT molecular complexity index is 462. The van der Waals surface area contributed by atoms with E-state index in [9.17, 15) is 9.90 Å². The molecule has 0 radical (unpaired) electrons. The number of hydrogen-bond donors (Lipinski definition) is 1. The van der Waals surface area contributed by atoms with Gasteiger partial charge in [-0.2, -0.15) is 0 Å². The molecule has 5 nitrogen and oxygen atoms in total. The van der Waals surface area contributed by atoms with Gasteiger partial charge in [0.1, 0.15) is 11.6 Å². The van der Waals surface area contributed by atoms with E-state index in [0.717, 1.165) is 24.6 Å². The average molecular weight is 263 g/mol. The summed E-state index contributed by atoms with van der Waals surface area (Å²) in [5.41, 5.74) is 0. The SMILES string of the molecule is CC1CC(C(=O)O)CN(c2ccnc(C(C)C)n2)C1. The first-order valence-corrected chi connectivity index (χ1v) is 6.78. The summed E-state index contributed by atoms with van der Waals surface area (Å²) in [5.74, 6) is 1.28. The number of nitrogens with zero attached hydrogens (tertiary/aromatic N) is 3. The van der Waals surface area contributed by atoms with E-state index in [-0.39, 0.29) is 11.8 Å². The number of anilines is 1. The fourth-order valence-corrected chi connectivity index (χ4v) is 2.54. The largest absolute Gasteiger partial charge is 0.481 e. The third kappa shape index (κ3) is 3.22. The molecule has 2 unspecified atom stereocenters. The van der Waals surface area contributed by atoms with Gasteiger partial charge in [-0.25, -0.2) is 9.97 Å². The van der Waals surface area contributed by atoms with Gasteiger partial charge in [-0.15, -0.1) is 0 Å². The summed E-state index contributed by atoms with van der Waals surface area (Å²) in [6, 6.07) is 1.86. The van der Waals surface area contributed by atoms with Crippen LogP contribution in [0.3, 0.4) is 0 Å². The van der Waals surface area contributed by atoms with Gasteiger partial charge in [0.05, 0.1) is 5.92 Å². The molecule has 1 saturated heterocycles. The summed E-state index contributed by atoms with van der Waals surface area (Å²) >= 11 is 0. The second kappa shape index (κ2) is 5.55. The van der Waals surface area contributed by atoms with Crippen LogP contribution in [0, 0.1) is 11.8 Å². The van der Waals surface area contributed by atoms with Gasteiger partial charge in [-0.05, 0) is 18.4 Å². The first-order valence-electron chi connectivity index (χ1n) is 6.78. The molecule has 0 aliphatic carbocycles. The van der Waals surface area contributed by atoms with Gasteiger partial charge >= 0.3 is 5.97 Å². The van der Waals surface area contributed by atoms with Crippen molar-refractivity contribution in [2.75, 3.05) is 18.0 Å². The monoisotopic (exact) mass is 263 g/mol. The van der Waals surface area contributed by atoms with E-state index in [0.29, 0.717) is 12.5 Å². The van der Waals surface area contributed by atoms with Gasteiger partial charge in [0.25, 0.3) is 0 Å². The minimum Gasteiger partial charge on any atom is -0.481 e. The quantitative estimate of drug-likeness (QED) is 0.905. The van der Waals surface area contributed by atoms with Crippen LogP contribution < -0.4 is 4.90 Å². The highest BCUT2D eigenvalue weighted by Gasteiger charge is 2.30. The van der Waals surface area contributed by atoms with Crippen molar-refractivity contribution in [1.82, 2.24) is 9.97 Å². The lowest BCUT2D eigenvalue weighted by Gasteiger charge is -2.35. The third-order valence-electron chi connectivity index (χ3n) is 3.51.